The van der Waals surface area contributed by atoms with Crippen LogP contribution in [0.15, 0.2) is 12.1 Å². The van der Waals surface area contributed by atoms with Gasteiger partial charge in [-0.2, -0.15) is 0 Å². The smallest absolute Gasteiger partial charge is 0.224 e. The van der Waals surface area contributed by atoms with Crippen molar-refractivity contribution in [3.63, 3.8) is 0 Å². The van der Waals surface area contributed by atoms with E-state index in [0.29, 0.717) is 42.1 Å². The van der Waals surface area contributed by atoms with Gasteiger partial charge in [-0.15, -0.1) is 0 Å². The zero-order valence-electron chi connectivity index (χ0n) is 15.7. The van der Waals surface area contributed by atoms with Crippen LogP contribution in [0.2, 0.25) is 5.02 Å². The monoisotopic (exact) mass is 380 g/mol. The average molecular weight is 381 g/mol. The van der Waals surface area contributed by atoms with Crippen molar-refractivity contribution in [3.05, 3.63) is 22.7 Å². The molecule has 1 saturated heterocycles. The number of piperidine rings is 1. The Balaban J connectivity index is 1.52. The number of hydrogen-bond donors (Lipinski definition) is 1. The van der Waals surface area contributed by atoms with Crippen LogP contribution < -0.4 is 14.8 Å². The maximum atomic E-state index is 12.4. The molecule has 0 unspecified atom stereocenters. The molecule has 1 N–H and O–H groups in total. The summed E-state index contributed by atoms with van der Waals surface area (Å²) in [5.41, 5.74) is 0.856. The summed E-state index contributed by atoms with van der Waals surface area (Å²) in [6.45, 7) is 8.94. The second kappa shape index (κ2) is 8.96. The lowest BCUT2D eigenvalue weighted by atomic mass is 10.0. The van der Waals surface area contributed by atoms with E-state index in [9.17, 15) is 4.79 Å². The van der Waals surface area contributed by atoms with Gasteiger partial charge in [-0.1, -0.05) is 25.4 Å². The molecule has 0 bridgehead atoms. The summed E-state index contributed by atoms with van der Waals surface area (Å²) in [4.78, 5) is 14.9. The molecular weight excluding hydrogens is 352 g/mol. The molecule has 26 heavy (non-hydrogen) atoms. The van der Waals surface area contributed by atoms with E-state index in [2.05, 4.69) is 24.1 Å². The zero-order chi connectivity index (χ0) is 18.5. The van der Waals surface area contributed by atoms with Crippen LogP contribution >= 0.6 is 11.6 Å². The molecule has 1 aromatic rings. The molecule has 0 atom stereocenters. The number of carbonyl (C=O) groups excluding carboxylic acids is 1. The second-order valence-corrected chi connectivity index (χ2v) is 8.08. The highest BCUT2D eigenvalue weighted by molar-refractivity contribution is 6.32. The Kier molecular flexibility index (Phi) is 6.65. The minimum atomic E-state index is 0.0397. The predicted molar refractivity (Wildman–Crippen MR) is 103 cm³/mol. The third kappa shape index (κ3) is 5.27. The molecule has 6 heteroatoms. The van der Waals surface area contributed by atoms with Crippen LogP contribution in [0.3, 0.4) is 0 Å². The van der Waals surface area contributed by atoms with Gasteiger partial charge in [0.25, 0.3) is 0 Å². The van der Waals surface area contributed by atoms with E-state index in [1.54, 1.807) is 6.07 Å². The number of benzene rings is 1. The van der Waals surface area contributed by atoms with E-state index >= 15 is 0 Å². The maximum Gasteiger partial charge on any atom is 0.224 e. The molecule has 0 spiro atoms. The minimum absolute atomic E-state index is 0.0397. The number of ether oxygens (including phenoxy) is 2. The van der Waals surface area contributed by atoms with Crippen molar-refractivity contribution in [2.45, 2.75) is 45.6 Å². The summed E-state index contributed by atoms with van der Waals surface area (Å²) in [7, 11) is 0. The molecule has 1 aromatic carbocycles. The molecule has 0 saturated carbocycles. The van der Waals surface area contributed by atoms with Crippen LogP contribution in [-0.2, 0) is 11.2 Å². The maximum absolute atomic E-state index is 12.4. The molecule has 144 valence electrons. The van der Waals surface area contributed by atoms with Gasteiger partial charge in [-0.25, -0.2) is 0 Å². The Morgan fingerprint density at radius 3 is 2.73 bits per heavy atom. The van der Waals surface area contributed by atoms with Crippen LogP contribution in [0.25, 0.3) is 0 Å². The number of hydrogen-bond acceptors (Lipinski definition) is 4. The Bertz CT molecular complexity index is 628. The fraction of sp³-hybridized carbons (Fsp3) is 0.650. The van der Waals surface area contributed by atoms with Crippen molar-refractivity contribution in [2.24, 2.45) is 5.92 Å². The molecule has 0 aliphatic carbocycles. The topological polar surface area (TPSA) is 50.8 Å². The Labute approximate surface area is 161 Å². The highest BCUT2D eigenvalue weighted by Gasteiger charge is 2.22. The van der Waals surface area contributed by atoms with Crippen LogP contribution in [0.1, 0.15) is 38.7 Å². The van der Waals surface area contributed by atoms with Crippen molar-refractivity contribution in [3.8, 4) is 11.5 Å². The Morgan fingerprint density at radius 1 is 1.27 bits per heavy atom. The van der Waals surface area contributed by atoms with Gasteiger partial charge >= 0.3 is 0 Å². The van der Waals surface area contributed by atoms with Crippen LogP contribution in [-0.4, -0.2) is 49.7 Å². The van der Waals surface area contributed by atoms with Crippen molar-refractivity contribution >= 4 is 17.5 Å². The molecule has 1 fully saturated rings. The van der Waals surface area contributed by atoms with E-state index in [-0.39, 0.29) is 11.9 Å². The lowest BCUT2D eigenvalue weighted by molar-refractivity contribution is -0.121. The number of nitrogens with one attached hydrogen (secondary N) is 1. The lowest BCUT2D eigenvalue weighted by Gasteiger charge is -2.33. The highest BCUT2D eigenvalue weighted by atomic mass is 35.5. The molecular formula is C20H29ClN2O3. The third-order valence-electron chi connectivity index (χ3n) is 4.80. The summed E-state index contributed by atoms with van der Waals surface area (Å²) < 4.78 is 11.3. The Hall–Kier alpha value is -1.46. The number of likely N-dealkylation sites (tertiary alicyclic amines) is 1. The molecule has 0 radical (unpaired) electrons. The fourth-order valence-electron chi connectivity index (χ4n) is 3.63. The van der Waals surface area contributed by atoms with E-state index in [0.717, 1.165) is 44.5 Å². The normalized spacial score (nSPS) is 18.6. The third-order valence-corrected chi connectivity index (χ3v) is 5.08. The molecule has 1 amide bonds. The first-order chi connectivity index (χ1) is 12.5. The average Bonchev–Trinajstić information content (AvgIpc) is 2.82. The van der Waals surface area contributed by atoms with E-state index in [1.165, 1.54) is 0 Å². The van der Waals surface area contributed by atoms with Gasteiger partial charge in [0, 0.05) is 32.1 Å². The van der Waals surface area contributed by atoms with Gasteiger partial charge in [-0.3, -0.25) is 4.79 Å². The van der Waals surface area contributed by atoms with Gasteiger partial charge in [0.2, 0.25) is 5.91 Å². The number of amides is 1. The SMILES string of the molecule is CC(C)CN1CCC(NC(=O)Cc2cc(Cl)c3c(c2)OCCCO3)CC1. The summed E-state index contributed by atoms with van der Waals surface area (Å²) in [5.74, 6) is 1.95. The summed E-state index contributed by atoms with van der Waals surface area (Å²) >= 11 is 6.31. The van der Waals surface area contributed by atoms with Crippen molar-refractivity contribution in [2.75, 3.05) is 32.8 Å². The molecule has 0 aromatic heterocycles. The van der Waals surface area contributed by atoms with Crippen molar-refractivity contribution in [1.82, 2.24) is 10.2 Å². The summed E-state index contributed by atoms with van der Waals surface area (Å²) in [5, 5.41) is 3.68. The number of carbonyl (C=O) groups is 1. The number of fused-ring (bicyclic) bond motifs is 1. The van der Waals surface area contributed by atoms with Crippen LogP contribution in [0, 0.1) is 5.92 Å². The second-order valence-electron chi connectivity index (χ2n) is 7.67. The standard InChI is InChI=1S/C20H29ClN2O3/c1-14(2)13-23-6-4-16(5-7-23)22-19(24)12-15-10-17(21)20-18(11-15)25-8-3-9-26-20/h10-11,14,16H,3-9,12-13H2,1-2H3,(H,22,24). The first kappa shape index (κ1) is 19.3. The lowest BCUT2D eigenvalue weighted by Crippen LogP contribution is -2.45. The first-order valence-corrected chi connectivity index (χ1v) is 9.99. The van der Waals surface area contributed by atoms with Gasteiger partial charge in [0.05, 0.1) is 24.7 Å². The number of halogens is 1. The van der Waals surface area contributed by atoms with E-state index in [4.69, 9.17) is 21.1 Å². The van der Waals surface area contributed by atoms with Crippen molar-refractivity contribution in [1.29, 1.82) is 0 Å². The minimum Gasteiger partial charge on any atom is -0.489 e. The molecule has 5 nitrogen and oxygen atoms in total. The van der Waals surface area contributed by atoms with Crippen LogP contribution in [0.4, 0.5) is 0 Å². The predicted octanol–water partition coefficient (Wildman–Crippen LogP) is 3.28. The van der Waals surface area contributed by atoms with Crippen LogP contribution in [0.5, 0.6) is 11.5 Å². The fourth-order valence-corrected chi connectivity index (χ4v) is 3.91. The number of nitrogens with zero attached hydrogens (tertiary/aromatic N) is 1. The highest BCUT2D eigenvalue weighted by Crippen LogP contribution is 2.38. The van der Waals surface area contributed by atoms with Gasteiger partial charge in [0.15, 0.2) is 11.5 Å². The summed E-state index contributed by atoms with van der Waals surface area (Å²) in [6, 6.07) is 3.94. The van der Waals surface area contributed by atoms with Gasteiger partial charge in [0.1, 0.15) is 0 Å². The number of rotatable bonds is 5. The zero-order valence-corrected chi connectivity index (χ0v) is 16.5. The molecule has 2 aliphatic rings. The van der Waals surface area contributed by atoms with Gasteiger partial charge in [-0.05, 0) is 36.5 Å². The summed E-state index contributed by atoms with van der Waals surface area (Å²) in [6.07, 6.45) is 3.17. The van der Waals surface area contributed by atoms with E-state index in [1.807, 2.05) is 6.07 Å². The van der Waals surface area contributed by atoms with Crippen molar-refractivity contribution < 1.29 is 14.3 Å². The van der Waals surface area contributed by atoms with E-state index < -0.39 is 0 Å². The molecule has 2 heterocycles. The largest absolute Gasteiger partial charge is 0.489 e. The van der Waals surface area contributed by atoms with Gasteiger partial charge < -0.3 is 19.7 Å². The first-order valence-electron chi connectivity index (χ1n) is 9.61. The Morgan fingerprint density at radius 2 is 2.00 bits per heavy atom. The molecule has 2 aliphatic heterocycles. The molecule has 3 rings (SSSR count). The quantitative estimate of drug-likeness (QED) is 0.851.